The molecule has 1 heterocycles. The first-order valence-corrected chi connectivity index (χ1v) is 10.6. The number of carbonyl (C=O) groups is 2. The highest BCUT2D eigenvalue weighted by molar-refractivity contribution is 7.89. The van der Waals surface area contributed by atoms with Crippen molar-refractivity contribution < 1.29 is 27.5 Å². The zero-order valence-corrected chi connectivity index (χ0v) is 16.4. The molecule has 0 bridgehead atoms. The molecule has 0 radical (unpaired) electrons. The van der Waals surface area contributed by atoms with Gasteiger partial charge in [-0.1, -0.05) is 12.1 Å². The van der Waals surface area contributed by atoms with Gasteiger partial charge >= 0.3 is 5.97 Å². The molecule has 1 saturated heterocycles. The Labute approximate surface area is 168 Å². The minimum absolute atomic E-state index is 0.0764. The number of hydrogen-bond acceptors (Lipinski definition) is 4. The number of sulfonamides is 1. The molecule has 0 saturated carbocycles. The number of halogens is 1. The van der Waals surface area contributed by atoms with Crippen molar-refractivity contribution in [2.75, 3.05) is 19.6 Å². The van der Waals surface area contributed by atoms with Gasteiger partial charge in [-0.15, -0.1) is 0 Å². The number of carbonyl (C=O) groups excluding carboxylic acids is 1. The maximum absolute atomic E-state index is 13.1. The molecule has 0 atom stereocenters. The van der Waals surface area contributed by atoms with Gasteiger partial charge < -0.3 is 10.4 Å². The number of carboxylic acid groups (broad SMARTS) is 1. The zero-order valence-electron chi connectivity index (χ0n) is 15.5. The monoisotopic (exact) mass is 420 g/mol. The molecule has 1 aliphatic heterocycles. The van der Waals surface area contributed by atoms with Gasteiger partial charge in [0.1, 0.15) is 12.4 Å². The third-order valence-corrected chi connectivity index (χ3v) is 6.86. The number of hydrogen-bond donors (Lipinski definition) is 2. The lowest BCUT2D eigenvalue weighted by Crippen LogP contribution is -2.37. The first kappa shape index (κ1) is 20.9. The average molecular weight is 420 g/mol. The van der Waals surface area contributed by atoms with Gasteiger partial charge in [0.05, 0.1) is 4.90 Å². The molecule has 1 amide bonds. The van der Waals surface area contributed by atoms with E-state index in [1.807, 2.05) is 0 Å². The van der Waals surface area contributed by atoms with Crippen LogP contribution in [0.2, 0.25) is 0 Å². The van der Waals surface area contributed by atoms with E-state index < -0.39 is 28.4 Å². The van der Waals surface area contributed by atoms with Crippen molar-refractivity contribution >= 4 is 21.9 Å². The first-order valence-electron chi connectivity index (χ1n) is 9.13. The Balaban J connectivity index is 1.64. The summed E-state index contributed by atoms with van der Waals surface area (Å²) in [5.74, 6) is -1.87. The molecule has 0 aliphatic carbocycles. The minimum Gasteiger partial charge on any atom is -0.480 e. The molecule has 0 spiro atoms. The summed E-state index contributed by atoms with van der Waals surface area (Å²) in [4.78, 5) is 22.4. The second-order valence-electron chi connectivity index (χ2n) is 6.83. The molecule has 154 valence electrons. The SMILES string of the molecule is O=C(O)CNC(=O)c1ccc(S(=O)(=O)N2CCC(c3ccc(F)cc3)CC2)cc1. The van der Waals surface area contributed by atoms with Gasteiger partial charge in [0.15, 0.2) is 0 Å². The summed E-state index contributed by atoms with van der Waals surface area (Å²) >= 11 is 0. The highest BCUT2D eigenvalue weighted by atomic mass is 32.2. The number of nitrogens with one attached hydrogen (secondary N) is 1. The molecular weight excluding hydrogens is 399 g/mol. The summed E-state index contributed by atoms with van der Waals surface area (Å²) in [6, 6.07) is 11.7. The van der Waals surface area contributed by atoms with Crippen LogP contribution >= 0.6 is 0 Å². The Kier molecular flexibility index (Phi) is 6.29. The van der Waals surface area contributed by atoms with Crippen LogP contribution in [0.5, 0.6) is 0 Å². The van der Waals surface area contributed by atoms with Crippen LogP contribution in [0.15, 0.2) is 53.4 Å². The van der Waals surface area contributed by atoms with Gasteiger partial charge in [-0.3, -0.25) is 9.59 Å². The highest BCUT2D eigenvalue weighted by Crippen LogP contribution is 2.30. The van der Waals surface area contributed by atoms with Crippen LogP contribution in [-0.2, 0) is 14.8 Å². The van der Waals surface area contributed by atoms with Crippen molar-refractivity contribution in [3.63, 3.8) is 0 Å². The first-order chi connectivity index (χ1) is 13.8. The van der Waals surface area contributed by atoms with Gasteiger partial charge in [-0.2, -0.15) is 4.31 Å². The molecule has 2 aromatic rings. The summed E-state index contributed by atoms with van der Waals surface area (Å²) in [6.45, 7) is 0.193. The molecule has 9 heteroatoms. The zero-order chi connectivity index (χ0) is 21.0. The van der Waals surface area contributed by atoms with Gasteiger partial charge in [-0.25, -0.2) is 12.8 Å². The average Bonchev–Trinajstić information content (AvgIpc) is 2.72. The van der Waals surface area contributed by atoms with E-state index in [0.717, 1.165) is 5.56 Å². The second-order valence-corrected chi connectivity index (χ2v) is 8.77. The lowest BCUT2D eigenvalue weighted by Gasteiger charge is -2.31. The molecule has 0 unspecified atom stereocenters. The lowest BCUT2D eigenvalue weighted by molar-refractivity contribution is -0.135. The molecule has 1 fully saturated rings. The van der Waals surface area contributed by atoms with Crippen molar-refractivity contribution in [2.24, 2.45) is 0 Å². The fourth-order valence-electron chi connectivity index (χ4n) is 3.35. The van der Waals surface area contributed by atoms with E-state index in [-0.39, 0.29) is 22.2 Å². The second kappa shape index (κ2) is 8.71. The largest absolute Gasteiger partial charge is 0.480 e. The standard InChI is InChI=1S/C20H21FN2O5S/c21-17-5-1-14(2-6-17)15-9-11-23(12-10-15)29(27,28)18-7-3-16(4-8-18)20(26)22-13-19(24)25/h1-8,15H,9-13H2,(H,22,26)(H,24,25). The van der Waals surface area contributed by atoms with Crippen LogP contribution in [0.4, 0.5) is 4.39 Å². The molecule has 2 N–H and O–H groups in total. The van der Waals surface area contributed by atoms with Crippen LogP contribution in [0.3, 0.4) is 0 Å². The number of aliphatic carboxylic acids is 1. The Morgan fingerprint density at radius 1 is 1.03 bits per heavy atom. The number of benzene rings is 2. The van der Waals surface area contributed by atoms with Crippen molar-refractivity contribution in [1.29, 1.82) is 0 Å². The number of piperidine rings is 1. The van der Waals surface area contributed by atoms with Crippen LogP contribution in [-0.4, -0.2) is 49.3 Å². The third-order valence-electron chi connectivity index (χ3n) is 4.95. The molecule has 0 aromatic heterocycles. The van der Waals surface area contributed by atoms with E-state index in [2.05, 4.69) is 5.32 Å². The van der Waals surface area contributed by atoms with Crippen molar-refractivity contribution in [3.05, 3.63) is 65.5 Å². The van der Waals surface area contributed by atoms with E-state index in [9.17, 15) is 22.4 Å². The van der Waals surface area contributed by atoms with Gasteiger partial charge in [0.25, 0.3) is 5.91 Å². The van der Waals surface area contributed by atoms with Crippen LogP contribution < -0.4 is 5.32 Å². The summed E-state index contributed by atoms with van der Waals surface area (Å²) in [5.41, 5.74) is 1.18. The van der Waals surface area contributed by atoms with Crippen molar-refractivity contribution in [2.45, 2.75) is 23.7 Å². The predicted octanol–water partition coefficient (Wildman–Crippen LogP) is 2.21. The summed E-state index contributed by atoms with van der Waals surface area (Å²) in [7, 11) is -3.70. The van der Waals surface area contributed by atoms with Gasteiger partial charge in [0.2, 0.25) is 10.0 Å². The van der Waals surface area contributed by atoms with E-state index in [4.69, 9.17) is 5.11 Å². The normalized spacial score (nSPS) is 15.8. The summed E-state index contributed by atoms with van der Waals surface area (Å²) < 4.78 is 40.2. The third kappa shape index (κ3) is 4.99. The maximum Gasteiger partial charge on any atom is 0.322 e. The molecule has 2 aromatic carbocycles. The predicted molar refractivity (Wildman–Crippen MR) is 104 cm³/mol. The Morgan fingerprint density at radius 2 is 1.62 bits per heavy atom. The van der Waals surface area contributed by atoms with Gasteiger partial charge in [0, 0.05) is 18.7 Å². The molecule has 29 heavy (non-hydrogen) atoms. The van der Waals surface area contributed by atoms with Crippen LogP contribution in [0.25, 0.3) is 0 Å². The fourth-order valence-corrected chi connectivity index (χ4v) is 4.82. The highest BCUT2D eigenvalue weighted by Gasteiger charge is 2.30. The topological polar surface area (TPSA) is 104 Å². The number of amides is 1. The van der Waals surface area contributed by atoms with E-state index in [0.29, 0.717) is 25.9 Å². The molecule has 7 nitrogen and oxygen atoms in total. The smallest absolute Gasteiger partial charge is 0.322 e. The van der Waals surface area contributed by atoms with Crippen molar-refractivity contribution in [1.82, 2.24) is 9.62 Å². The van der Waals surface area contributed by atoms with Crippen LogP contribution in [0.1, 0.15) is 34.7 Å². The van der Waals surface area contributed by atoms with E-state index in [1.165, 1.54) is 40.7 Å². The molecule has 1 aliphatic rings. The quantitative estimate of drug-likeness (QED) is 0.746. The summed E-state index contributed by atoms with van der Waals surface area (Å²) in [5, 5.41) is 10.8. The van der Waals surface area contributed by atoms with Gasteiger partial charge in [-0.05, 0) is 60.7 Å². The maximum atomic E-state index is 13.1. The number of rotatable bonds is 6. The van der Waals surface area contributed by atoms with Crippen LogP contribution in [0, 0.1) is 5.82 Å². The van der Waals surface area contributed by atoms with Crippen molar-refractivity contribution in [3.8, 4) is 0 Å². The Bertz CT molecular complexity index is 983. The Hall–Kier alpha value is -2.78. The van der Waals surface area contributed by atoms with E-state index >= 15 is 0 Å². The number of nitrogens with zero attached hydrogens (tertiary/aromatic N) is 1. The summed E-state index contributed by atoms with van der Waals surface area (Å²) in [6.07, 6.45) is 1.28. The number of carboxylic acids is 1. The Morgan fingerprint density at radius 3 is 2.17 bits per heavy atom. The minimum atomic E-state index is -3.70. The molecule has 3 rings (SSSR count). The lowest BCUT2D eigenvalue weighted by atomic mass is 9.90. The molecular formula is C20H21FN2O5S. The fraction of sp³-hybridized carbons (Fsp3) is 0.300. The van der Waals surface area contributed by atoms with E-state index in [1.54, 1.807) is 12.1 Å².